The Labute approximate surface area is 107 Å². The van der Waals surface area contributed by atoms with Gasteiger partial charge in [-0.3, -0.25) is 0 Å². The summed E-state index contributed by atoms with van der Waals surface area (Å²) in [6.07, 6.45) is 18.5. The third-order valence-electron chi connectivity index (χ3n) is 5.42. The molecule has 0 bridgehead atoms. The van der Waals surface area contributed by atoms with Crippen molar-refractivity contribution in [2.45, 2.75) is 71.1 Å². The second-order valence-electron chi connectivity index (χ2n) is 6.40. The van der Waals surface area contributed by atoms with Crippen molar-refractivity contribution in [1.29, 1.82) is 0 Å². The summed E-state index contributed by atoms with van der Waals surface area (Å²) in [5, 5.41) is 0. The van der Waals surface area contributed by atoms with E-state index in [-0.39, 0.29) is 0 Å². The topological polar surface area (TPSA) is 26.0 Å². The van der Waals surface area contributed by atoms with Gasteiger partial charge in [0.1, 0.15) is 0 Å². The van der Waals surface area contributed by atoms with Crippen LogP contribution in [0.1, 0.15) is 71.1 Å². The Bertz CT molecular complexity index is 226. The smallest absolute Gasteiger partial charge is 0.00729 e. The number of hydrogen-bond donors (Lipinski definition) is 1. The molecule has 0 saturated heterocycles. The Morgan fingerprint density at radius 3 is 1.59 bits per heavy atom. The van der Waals surface area contributed by atoms with Gasteiger partial charge in [-0.2, -0.15) is 0 Å². The second kappa shape index (κ2) is 5.93. The van der Waals surface area contributed by atoms with Crippen LogP contribution in [0.4, 0.5) is 0 Å². The minimum atomic E-state index is 0.385. The highest BCUT2D eigenvalue weighted by atomic mass is 14.5. The summed E-state index contributed by atoms with van der Waals surface area (Å²) in [5.74, 6) is 1.78. The standard InChI is InChI=1S/C16H29N/c1-16(12-13-17,14-8-4-2-5-9-14)15-10-6-3-7-11-15/h12-15H,2-11,17H2,1H3. The molecule has 2 saturated carbocycles. The number of nitrogens with two attached hydrogens (primary N) is 1. The lowest BCUT2D eigenvalue weighted by Crippen LogP contribution is -2.36. The molecular formula is C16H29N. The molecule has 0 amide bonds. The Morgan fingerprint density at radius 2 is 1.24 bits per heavy atom. The first kappa shape index (κ1) is 13.0. The van der Waals surface area contributed by atoms with Crippen molar-refractivity contribution in [2.75, 3.05) is 0 Å². The maximum absolute atomic E-state index is 5.75. The van der Waals surface area contributed by atoms with Gasteiger partial charge in [0.05, 0.1) is 0 Å². The molecule has 0 atom stereocenters. The molecule has 0 aromatic rings. The predicted octanol–water partition coefficient (Wildman–Crippen LogP) is 4.63. The molecule has 0 unspecified atom stereocenters. The molecular weight excluding hydrogens is 206 g/mol. The highest BCUT2D eigenvalue weighted by Crippen LogP contribution is 2.49. The van der Waals surface area contributed by atoms with Gasteiger partial charge in [0.25, 0.3) is 0 Å². The average Bonchev–Trinajstić information content (AvgIpc) is 2.41. The number of allylic oxidation sites excluding steroid dienone is 1. The van der Waals surface area contributed by atoms with Crippen molar-refractivity contribution < 1.29 is 0 Å². The van der Waals surface area contributed by atoms with E-state index < -0.39 is 0 Å². The van der Waals surface area contributed by atoms with Crippen LogP contribution in [0.25, 0.3) is 0 Å². The summed E-state index contributed by atoms with van der Waals surface area (Å²) < 4.78 is 0. The van der Waals surface area contributed by atoms with Crippen LogP contribution in [0.2, 0.25) is 0 Å². The van der Waals surface area contributed by atoms with Gasteiger partial charge < -0.3 is 5.73 Å². The van der Waals surface area contributed by atoms with E-state index in [9.17, 15) is 0 Å². The summed E-state index contributed by atoms with van der Waals surface area (Å²) in [4.78, 5) is 0. The Balaban J connectivity index is 2.11. The summed E-state index contributed by atoms with van der Waals surface area (Å²) in [6.45, 7) is 2.49. The van der Waals surface area contributed by atoms with Crippen LogP contribution in [-0.2, 0) is 0 Å². The first-order valence-corrected chi connectivity index (χ1v) is 7.67. The molecule has 0 aromatic heterocycles. The van der Waals surface area contributed by atoms with Crippen molar-refractivity contribution in [3.63, 3.8) is 0 Å². The minimum absolute atomic E-state index is 0.385. The van der Waals surface area contributed by atoms with Gasteiger partial charge in [-0.1, -0.05) is 51.5 Å². The van der Waals surface area contributed by atoms with Crippen LogP contribution >= 0.6 is 0 Å². The molecule has 0 spiro atoms. The fraction of sp³-hybridized carbons (Fsp3) is 0.875. The third-order valence-corrected chi connectivity index (χ3v) is 5.42. The van der Waals surface area contributed by atoms with Crippen LogP contribution in [0, 0.1) is 17.3 Å². The van der Waals surface area contributed by atoms with Gasteiger partial charge in [-0.05, 0) is 49.1 Å². The second-order valence-corrected chi connectivity index (χ2v) is 6.40. The molecule has 0 aliphatic heterocycles. The van der Waals surface area contributed by atoms with Crippen molar-refractivity contribution in [1.82, 2.24) is 0 Å². The highest BCUT2D eigenvalue weighted by Gasteiger charge is 2.39. The van der Waals surface area contributed by atoms with E-state index in [1.54, 1.807) is 0 Å². The maximum Gasteiger partial charge on any atom is -0.00729 e. The maximum atomic E-state index is 5.75. The summed E-state index contributed by atoms with van der Waals surface area (Å²) in [6, 6.07) is 0. The van der Waals surface area contributed by atoms with Crippen molar-refractivity contribution in [3.8, 4) is 0 Å². The van der Waals surface area contributed by atoms with Gasteiger partial charge in [0, 0.05) is 0 Å². The normalized spacial score (nSPS) is 25.5. The van der Waals surface area contributed by atoms with Crippen molar-refractivity contribution >= 4 is 0 Å². The van der Waals surface area contributed by atoms with E-state index in [1.807, 2.05) is 6.20 Å². The van der Waals surface area contributed by atoms with Gasteiger partial charge in [-0.15, -0.1) is 0 Å². The highest BCUT2D eigenvalue weighted by molar-refractivity contribution is 5.04. The van der Waals surface area contributed by atoms with Crippen LogP contribution in [0.5, 0.6) is 0 Å². The van der Waals surface area contributed by atoms with E-state index in [4.69, 9.17) is 5.73 Å². The Kier molecular flexibility index (Phi) is 4.53. The van der Waals surface area contributed by atoms with E-state index in [0.29, 0.717) is 5.41 Å². The van der Waals surface area contributed by atoms with Crippen molar-refractivity contribution in [3.05, 3.63) is 12.3 Å². The molecule has 2 aliphatic rings. The lowest BCUT2D eigenvalue weighted by molar-refractivity contribution is 0.0869. The molecule has 1 nitrogen and oxygen atoms in total. The van der Waals surface area contributed by atoms with Crippen LogP contribution in [-0.4, -0.2) is 0 Å². The minimum Gasteiger partial charge on any atom is -0.405 e. The zero-order valence-corrected chi connectivity index (χ0v) is 11.5. The molecule has 17 heavy (non-hydrogen) atoms. The van der Waals surface area contributed by atoms with Gasteiger partial charge >= 0.3 is 0 Å². The summed E-state index contributed by atoms with van der Waals surface area (Å²) in [5.41, 5.74) is 6.13. The summed E-state index contributed by atoms with van der Waals surface area (Å²) in [7, 11) is 0. The fourth-order valence-corrected chi connectivity index (χ4v) is 4.26. The molecule has 0 aromatic carbocycles. The average molecular weight is 235 g/mol. The summed E-state index contributed by atoms with van der Waals surface area (Å²) >= 11 is 0. The first-order chi connectivity index (χ1) is 8.27. The largest absolute Gasteiger partial charge is 0.405 e. The third kappa shape index (κ3) is 2.86. The fourth-order valence-electron chi connectivity index (χ4n) is 4.26. The molecule has 1 heteroatoms. The molecule has 2 aliphatic carbocycles. The lowest BCUT2D eigenvalue weighted by atomic mass is 9.60. The first-order valence-electron chi connectivity index (χ1n) is 7.67. The Hall–Kier alpha value is -0.460. The predicted molar refractivity (Wildman–Crippen MR) is 74.6 cm³/mol. The SMILES string of the molecule is CC(C=CN)(C1CCCCC1)C1CCCCC1. The van der Waals surface area contributed by atoms with Gasteiger partial charge in [-0.25, -0.2) is 0 Å². The molecule has 0 heterocycles. The monoisotopic (exact) mass is 235 g/mol. The zero-order valence-electron chi connectivity index (χ0n) is 11.5. The molecule has 2 fully saturated rings. The van der Waals surface area contributed by atoms with E-state index >= 15 is 0 Å². The quantitative estimate of drug-likeness (QED) is 0.758. The van der Waals surface area contributed by atoms with E-state index in [2.05, 4.69) is 13.0 Å². The van der Waals surface area contributed by atoms with Gasteiger partial charge in [0.2, 0.25) is 0 Å². The molecule has 98 valence electrons. The van der Waals surface area contributed by atoms with E-state index in [1.165, 1.54) is 64.2 Å². The lowest BCUT2D eigenvalue weighted by Gasteiger charge is -2.45. The van der Waals surface area contributed by atoms with Crippen LogP contribution in [0.15, 0.2) is 12.3 Å². The van der Waals surface area contributed by atoms with E-state index in [0.717, 1.165) is 11.8 Å². The van der Waals surface area contributed by atoms with Crippen LogP contribution < -0.4 is 5.73 Å². The Morgan fingerprint density at radius 1 is 0.824 bits per heavy atom. The molecule has 2 N–H and O–H groups in total. The van der Waals surface area contributed by atoms with Crippen molar-refractivity contribution in [2.24, 2.45) is 23.0 Å². The molecule has 2 rings (SSSR count). The number of rotatable bonds is 3. The zero-order chi connectivity index (χ0) is 12.1. The van der Waals surface area contributed by atoms with Gasteiger partial charge in [0.15, 0.2) is 0 Å². The number of hydrogen-bond acceptors (Lipinski definition) is 1. The van der Waals surface area contributed by atoms with Crippen LogP contribution in [0.3, 0.4) is 0 Å². The molecule has 0 radical (unpaired) electrons.